The number of aromatic nitrogens is 1. The molecule has 18 heavy (non-hydrogen) atoms. The van der Waals surface area contributed by atoms with E-state index in [1.807, 2.05) is 18.7 Å². The van der Waals surface area contributed by atoms with Gasteiger partial charge in [0.05, 0.1) is 12.2 Å². The number of nitrogens with one attached hydrogen (secondary N) is 1. The van der Waals surface area contributed by atoms with E-state index in [0.29, 0.717) is 0 Å². The normalized spacial score (nSPS) is 11.7. The minimum atomic E-state index is -3.87. The van der Waals surface area contributed by atoms with E-state index >= 15 is 0 Å². The molecule has 1 aromatic rings. The van der Waals surface area contributed by atoms with Crippen molar-refractivity contribution in [2.45, 2.75) is 18.9 Å². The predicted molar refractivity (Wildman–Crippen MR) is 62.3 cm³/mol. The SMILES string of the molecule is CC(C)CONS(=O)(=O)c1ccc(C(=O)O)cn1. The Bertz CT molecular complexity index is 510. The Kier molecular flexibility index (Phi) is 4.76. The van der Waals surface area contributed by atoms with Crippen LogP contribution in [0.2, 0.25) is 0 Å². The number of aromatic carboxylic acids is 1. The Balaban J connectivity index is 2.76. The van der Waals surface area contributed by atoms with Crippen molar-refractivity contribution in [3.63, 3.8) is 0 Å². The number of hydrogen-bond acceptors (Lipinski definition) is 5. The Labute approximate surface area is 105 Å². The molecular weight excluding hydrogens is 260 g/mol. The van der Waals surface area contributed by atoms with Crippen LogP contribution in [-0.4, -0.2) is 31.1 Å². The molecule has 1 aromatic heterocycles. The van der Waals surface area contributed by atoms with Crippen molar-refractivity contribution in [2.24, 2.45) is 5.92 Å². The molecule has 1 heterocycles. The summed E-state index contributed by atoms with van der Waals surface area (Å²) in [5.74, 6) is -0.995. The second-order valence-corrected chi connectivity index (χ2v) is 5.57. The summed E-state index contributed by atoms with van der Waals surface area (Å²) in [5.41, 5.74) is -0.0861. The molecule has 0 aliphatic heterocycles. The first-order valence-electron chi connectivity index (χ1n) is 5.16. The van der Waals surface area contributed by atoms with E-state index in [4.69, 9.17) is 9.94 Å². The van der Waals surface area contributed by atoms with E-state index in [1.54, 1.807) is 0 Å². The maximum Gasteiger partial charge on any atom is 0.337 e. The lowest BCUT2D eigenvalue weighted by atomic mass is 10.2. The lowest BCUT2D eigenvalue weighted by Crippen LogP contribution is -2.26. The fourth-order valence-corrected chi connectivity index (χ4v) is 1.73. The third-order valence-electron chi connectivity index (χ3n) is 1.84. The predicted octanol–water partition coefficient (Wildman–Crippen LogP) is 0.646. The monoisotopic (exact) mass is 274 g/mol. The number of pyridine rings is 1. The van der Waals surface area contributed by atoms with Gasteiger partial charge in [0.1, 0.15) is 0 Å². The van der Waals surface area contributed by atoms with Gasteiger partial charge in [-0.1, -0.05) is 18.7 Å². The molecule has 0 radical (unpaired) electrons. The molecule has 7 nitrogen and oxygen atoms in total. The molecule has 0 bridgehead atoms. The van der Waals surface area contributed by atoms with Crippen LogP contribution in [0, 0.1) is 5.92 Å². The summed E-state index contributed by atoms with van der Waals surface area (Å²) in [4.78, 5) is 20.9. The van der Waals surface area contributed by atoms with Crippen molar-refractivity contribution in [2.75, 3.05) is 6.61 Å². The van der Waals surface area contributed by atoms with Crippen LogP contribution in [0.5, 0.6) is 0 Å². The molecule has 0 spiro atoms. The highest BCUT2D eigenvalue weighted by Crippen LogP contribution is 2.06. The van der Waals surface area contributed by atoms with E-state index in [9.17, 15) is 13.2 Å². The number of carbonyl (C=O) groups is 1. The molecule has 0 unspecified atom stereocenters. The fraction of sp³-hybridized carbons (Fsp3) is 0.400. The number of sulfonamides is 1. The summed E-state index contributed by atoms with van der Waals surface area (Å²) < 4.78 is 23.3. The van der Waals surface area contributed by atoms with Gasteiger partial charge in [0.25, 0.3) is 10.0 Å². The molecule has 1 rings (SSSR count). The second-order valence-electron chi connectivity index (χ2n) is 3.98. The van der Waals surface area contributed by atoms with Crippen molar-refractivity contribution in [3.05, 3.63) is 23.9 Å². The largest absolute Gasteiger partial charge is 0.478 e. The van der Waals surface area contributed by atoms with E-state index in [1.165, 1.54) is 0 Å². The number of carboxylic acid groups (broad SMARTS) is 1. The van der Waals surface area contributed by atoms with E-state index in [2.05, 4.69) is 4.98 Å². The first-order chi connectivity index (χ1) is 8.33. The van der Waals surface area contributed by atoms with Gasteiger partial charge >= 0.3 is 5.97 Å². The molecule has 0 atom stereocenters. The summed E-state index contributed by atoms with van der Waals surface area (Å²) in [7, 11) is -3.87. The zero-order chi connectivity index (χ0) is 13.8. The second kappa shape index (κ2) is 5.89. The van der Waals surface area contributed by atoms with Gasteiger partial charge in [0, 0.05) is 6.20 Å². The van der Waals surface area contributed by atoms with Gasteiger partial charge in [-0.15, -0.1) is 0 Å². The van der Waals surface area contributed by atoms with Gasteiger partial charge in [0.2, 0.25) is 0 Å². The highest BCUT2D eigenvalue weighted by molar-refractivity contribution is 7.89. The maximum atomic E-state index is 11.6. The number of rotatable bonds is 6. The molecule has 2 N–H and O–H groups in total. The van der Waals surface area contributed by atoms with Crippen molar-refractivity contribution in [1.82, 2.24) is 9.87 Å². The van der Waals surface area contributed by atoms with E-state index in [0.717, 1.165) is 18.3 Å². The first-order valence-corrected chi connectivity index (χ1v) is 6.64. The molecule has 0 aromatic carbocycles. The lowest BCUT2D eigenvalue weighted by molar-refractivity contribution is 0.0695. The van der Waals surface area contributed by atoms with Crippen molar-refractivity contribution in [1.29, 1.82) is 0 Å². The average molecular weight is 274 g/mol. The molecule has 8 heteroatoms. The third-order valence-corrected chi connectivity index (χ3v) is 2.97. The number of carboxylic acids is 1. The molecule has 0 saturated carbocycles. The quantitative estimate of drug-likeness (QED) is 0.738. The standard InChI is InChI=1S/C10H14N2O5S/c1-7(2)6-17-12-18(15,16)9-4-3-8(5-11-9)10(13)14/h3-5,7,12H,6H2,1-2H3,(H,13,14). The van der Waals surface area contributed by atoms with Gasteiger partial charge < -0.3 is 5.11 Å². The molecule has 0 fully saturated rings. The number of hydrogen-bond donors (Lipinski definition) is 2. The van der Waals surface area contributed by atoms with Gasteiger partial charge in [-0.2, -0.15) is 0 Å². The van der Waals surface area contributed by atoms with Crippen LogP contribution >= 0.6 is 0 Å². The molecule has 0 aliphatic carbocycles. The van der Waals surface area contributed by atoms with Crippen LogP contribution < -0.4 is 4.89 Å². The molecular formula is C10H14N2O5S. The molecule has 100 valence electrons. The smallest absolute Gasteiger partial charge is 0.337 e. The van der Waals surface area contributed by atoms with Crippen LogP contribution in [0.3, 0.4) is 0 Å². The van der Waals surface area contributed by atoms with Crippen molar-refractivity contribution in [3.8, 4) is 0 Å². The van der Waals surface area contributed by atoms with Crippen LogP contribution in [0.4, 0.5) is 0 Å². The van der Waals surface area contributed by atoms with Gasteiger partial charge in [0.15, 0.2) is 5.03 Å². The summed E-state index contributed by atoms with van der Waals surface area (Å²) in [5, 5.41) is 8.36. The van der Waals surface area contributed by atoms with Crippen molar-refractivity contribution >= 4 is 16.0 Å². The first kappa shape index (κ1) is 14.6. The summed E-state index contributed by atoms with van der Waals surface area (Å²) in [6.45, 7) is 3.97. The van der Waals surface area contributed by atoms with E-state index < -0.39 is 16.0 Å². The molecule has 0 amide bonds. The summed E-state index contributed by atoms with van der Waals surface area (Å²) >= 11 is 0. The highest BCUT2D eigenvalue weighted by atomic mass is 32.2. The summed E-state index contributed by atoms with van der Waals surface area (Å²) in [6.07, 6.45) is 0.972. The zero-order valence-corrected chi connectivity index (χ0v) is 10.8. The molecule has 0 saturated heterocycles. The van der Waals surface area contributed by atoms with Crippen LogP contribution in [0.25, 0.3) is 0 Å². The average Bonchev–Trinajstić information content (AvgIpc) is 2.28. The minimum Gasteiger partial charge on any atom is -0.478 e. The Hall–Kier alpha value is -1.51. The third kappa shape index (κ3) is 4.06. The van der Waals surface area contributed by atoms with Crippen LogP contribution in [-0.2, 0) is 14.9 Å². The topological polar surface area (TPSA) is 106 Å². The Morgan fingerprint density at radius 2 is 2.17 bits per heavy atom. The highest BCUT2D eigenvalue weighted by Gasteiger charge is 2.16. The Morgan fingerprint density at radius 3 is 2.61 bits per heavy atom. The summed E-state index contributed by atoms with van der Waals surface area (Å²) in [6, 6.07) is 2.26. The van der Waals surface area contributed by atoms with Crippen molar-refractivity contribution < 1.29 is 23.2 Å². The lowest BCUT2D eigenvalue weighted by Gasteiger charge is -2.08. The Morgan fingerprint density at radius 1 is 1.50 bits per heavy atom. The maximum absolute atomic E-state index is 11.6. The van der Waals surface area contributed by atoms with E-state index in [-0.39, 0.29) is 23.1 Å². The van der Waals surface area contributed by atoms with Gasteiger partial charge in [-0.25, -0.2) is 18.2 Å². The van der Waals surface area contributed by atoms with Crippen LogP contribution in [0.15, 0.2) is 23.4 Å². The fourth-order valence-electron chi connectivity index (χ4n) is 0.987. The van der Waals surface area contributed by atoms with Gasteiger partial charge in [-0.05, 0) is 18.1 Å². The minimum absolute atomic E-state index is 0.0861. The van der Waals surface area contributed by atoms with Crippen LogP contribution in [0.1, 0.15) is 24.2 Å². The number of nitrogens with zero attached hydrogens (tertiary/aromatic N) is 1. The zero-order valence-electron chi connectivity index (χ0n) is 9.95. The van der Waals surface area contributed by atoms with Gasteiger partial charge in [-0.3, -0.25) is 4.84 Å². The molecule has 0 aliphatic rings.